The molecule has 5 nitrogen and oxygen atoms in total. The predicted molar refractivity (Wildman–Crippen MR) is 119 cm³/mol. The molecule has 2 aromatic carbocycles. The molecule has 1 amide bonds. The summed E-state index contributed by atoms with van der Waals surface area (Å²) in [5, 5.41) is 0. The number of nitrogens with zero attached hydrogens (tertiary/aromatic N) is 1. The Bertz CT molecular complexity index is 964. The molecule has 1 aliphatic rings. The van der Waals surface area contributed by atoms with Gasteiger partial charge in [-0.25, -0.2) is 8.42 Å². The molecule has 0 bridgehead atoms. The molecule has 1 aliphatic heterocycles. The maximum absolute atomic E-state index is 13.0. The van der Waals surface area contributed by atoms with Crippen LogP contribution in [-0.4, -0.2) is 38.6 Å². The molecule has 3 rings (SSSR count). The van der Waals surface area contributed by atoms with Crippen LogP contribution in [0.15, 0.2) is 52.3 Å². The Morgan fingerprint density at radius 1 is 1.03 bits per heavy atom. The maximum Gasteiger partial charge on any atom is 0.261 e. The number of rotatable bonds is 6. The second-order valence-corrected chi connectivity index (χ2v) is 10.1. The number of carbonyl (C=O) groups is 1. The van der Waals surface area contributed by atoms with E-state index in [0.717, 1.165) is 42.8 Å². The zero-order valence-corrected chi connectivity index (χ0v) is 18.8. The Labute approximate surface area is 177 Å². The van der Waals surface area contributed by atoms with Crippen molar-refractivity contribution in [3.05, 3.63) is 53.6 Å². The van der Waals surface area contributed by atoms with Crippen molar-refractivity contribution in [2.75, 3.05) is 24.1 Å². The van der Waals surface area contributed by atoms with Crippen molar-refractivity contribution < 1.29 is 13.2 Å². The van der Waals surface area contributed by atoms with E-state index in [4.69, 9.17) is 0 Å². The molecule has 1 saturated heterocycles. The van der Waals surface area contributed by atoms with Crippen LogP contribution < -0.4 is 4.72 Å². The molecule has 0 aromatic heterocycles. The average molecular weight is 433 g/mol. The molecule has 1 N–H and O–H groups in total. The Morgan fingerprint density at radius 2 is 1.69 bits per heavy atom. The number of hydrogen-bond donors (Lipinski definition) is 1. The summed E-state index contributed by atoms with van der Waals surface area (Å²) in [5.74, 6) is 0.287. The van der Waals surface area contributed by atoms with Gasteiger partial charge in [0.1, 0.15) is 0 Å². The first-order valence-electron chi connectivity index (χ1n) is 9.92. The lowest BCUT2D eigenvalue weighted by atomic mass is 10.0. The van der Waals surface area contributed by atoms with Gasteiger partial charge in [0.05, 0.1) is 10.5 Å². The molecule has 0 spiro atoms. The third-order valence-electron chi connectivity index (χ3n) is 5.18. The van der Waals surface area contributed by atoms with Gasteiger partial charge in [-0.15, -0.1) is 11.8 Å². The van der Waals surface area contributed by atoms with Crippen molar-refractivity contribution in [1.82, 2.24) is 4.90 Å². The molecule has 0 aliphatic carbocycles. The lowest BCUT2D eigenvalue weighted by Gasteiger charge is -2.27. The number of carbonyl (C=O) groups excluding carboxylic acids is 1. The Hall–Kier alpha value is -1.99. The number of anilines is 1. The van der Waals surface area contributed by atoms with Gasteiger partial charge >= 0.3 is 0 Å². The van der Waals surface area contributed by atoms with E-state index in [-0.39, 0.29) is 10.8 Å². The minimum Gasteiger partial charge on any atom is -0.339 e. The number of hydrogen-bond acceptors (Lipinski definition) is 4. The van der Waals surface area contributed by atoms with Crippen LogP contribution in [-0.2, 0) is 10.0 Å². The van der Waals surface area contributed by atoms with Crippen LogP contribution in [0, 0.1) is 0 Å². The summed E-state index contributed by atoms with van der Waals surface area (Å²) in [5.41, 5.74) is 2.11. The maximum atomic E-state index is 13.0. The Kier molecular flexibility index (Phi) is 6.90. The SMILES string of the molecule is CSc1ccc(S(=O)(=O)Nc2ccc(C(C)C)cc2)cc1C(=O)N1CCCCC1. The molecule has 29 heavy (non-hydrogen) atoms. The van der Waals surface area contributed by atoms with Gasteiger partial charge in [0, 0.05) is 23.7 Å². The van der Waals surface area contributed by atoms with Crippen LogP contribution in [0.2, 0.25) is 0 Å². The number of benzene rings is 2. The van der Waals surface area contributed by atoms with E-state index >= 15 is 0 Å². The van der Waals surface area contributed by atoms with E-state index < -0.39 is 10.0 Å². The quantitative estimate of drug-likeness (QED) is 0.655. The zero-order valence-electron chi connectivity index (χ0n) is 17.1. The third-order valence-corrected chi connectivity index (χ3v) is 7.36. The number of likely N-dealkylation sites (tertiary alicyclic amines) is 1. The molecule has 0 atom stereocenters. The molecule has 1 fully saturated rings. The lowest BCUT2D eigenvalue weighted by molar-refractivity contribution is 0.0720. The molecule has 1 heterocycles. The molecule has 156 valence electrons. The van der Waals surface area contributed by atoms with Gasteiger partial charge in [0.2, 0.25) is 0 Å². The monoisotopic (exact) mass is 432 g/mol. The van der Waals surface area contributed by atoms with Crippen LogP contribution in [0.4, 0.5) is 5.69 Å². The molecule has 2 aromatic rings. The topological polar surface area (TPSA) is 66.5 Å². The molecular weight excluding hydrogens is 404 g/mol. The standard InChI is InChI=1S/C22H28N2O3S2/c1-16(2)17-7-9-18(10-8-17)23-29(26,27)19-11-12-21(28-3)20(15-19)22(25)24-13-5-4-6-14-24/h7-12,15-16,23H,4-6,13-14H2,1-3H3. The van der Waals surface area contributed by atoms with E-state index in [1.54, 1.807) is 24.3 Å². The highest BCUT2D eigenvalue weighted by Crippen LogP contribution is 2.27. The van der Waals surface area contributed by atoms with E-state index in [1.165, 1.54) is 17.8 Å². The van der Waals surface area contributed by atoms with Crippen molar-refractivity contribution in [2.45, 2.75) is 48.8 Å². The van der Waals surface area contributed by atoms with Crippen molar-refractivity contribution in [2.24, 2.45) is 0 Å². The van der Waals surface area contributed by atoms with Crippen LogP contribution in [0.25, 0.3) is 0 Å². The number of amides is 1. The van der Waals surface area contributed by atoms with Gasteiger partial charge in [0.25, 0.3) is 15.9 Å². The van der Waals surface area contributed by atoms with Crippen LogP contribution in [0.3, 0.4) is 0 Å². The predicted octanol–water partition coefficient (Wildman–Crippen LogP) is 4.96. The van der Waals surface area contributed by atoms with E-state index in [0.29, 0.717) is 17.2 Å². The van der Waals surface area contributed by atoms with Crippen molar-refractivity contribution >= 4 is 33.4 Å². The average Bonchev–Trinajstić information content (AvgIpc) is 2.73. The van der Waals surface area contributed by atoms with Crippen LogP contribution >= 0.6 is 11.8 Å². The smallest absolute Gasteiger partial charge is 0.261 e. The number of piperidine rings is 1. The molecule has 0 saturated carbocycles. The third kappa shape index (κ3) is 5.14. The minimum absolute atomic E-state index is 0.0904. The first-order valence-corrected chi connectivity index (χ1v) is 12.6. The number of nitrogens with one attached hydrogen (secondary N) is 1. The van der Waals surface area contributed by atoms with Gasteiger partial charge in [0.15, 0.2) is 0 Å². The molecular formula is C22H28N2O3S2. The fraction of sp³-hybridized carbons (Fsp3) is 0.409. The van der Waals surface area contributed by atoms with E-state index in [1.807, 2.05) is 23.3 Å². The lowest BCUT2D eigenvalue weighted by Crippen LogP contribution is -2.36. The van der Waals surface area contributed by atoms with Crippen LogP contribution in [0.1, 0.15) is 54.9 Å². The minimum atomic E-state index is -3.79. The van der Waals surface area contributed by atoms with Gasteiger partial charge in [-0.1, -0.05) is 26.0 Å². The summed E-state index contributed by atoms with van der Waals surface area (Å²) in [6.07, 6.45) is 5.01. The normalized spacial score (nSPS) is 14.8. The Morgan fingerprint density at radius 3 is 2.28 bits per heavy atom. The van der Waals surface area contributed by atoms with Gasteiger partial charge in [-0.3, -0.25) is 9.52 Å². The van der Waals surface area contributed by atoms with Crippen molar-refractivity contribution in [1.29, 1.82) is 0 Å². The summed E-state index contributed by atoms with van der Waals surface area (Å²) >= 11 is 1.45. The van der Waals surface area contributed by atoms with Gasteiger partial charge in [-0.2, -0.15) is 0 Å². The highest BCUT2D eigenvalue weighted by atomic mass is 32.2. The molecule has 0 unspecified atom stereocenters. The number of thioether (sulfide) groups is 1. The number of sulfonamides is 1. The van der Waals surface area contributed by atoms with Crippen molar-refractivity contribution in [3.8, 4) is 0 Å². The fourth-order valence-electron chi connectivity index (χ4n) is 3.44. The Balaban J connectivity index is 1.87. The summed E-state index contributed by atoms with van der Waals surface area (Å²) in [6.45, 7) is 5.63. The molecule has 0 radical (unpaired) electrons. The van der Waals surface area contributed by atoms with Crippen LogP contribution in [0.5, 0.6) is 0 Å². The summed E-state index contributed by atoms with van der Waals surface area (Å²) in [7, 11) is -3.79. The zero-order chi connectivity index (χ0) is 21.0. The second-order valence-electron chi connectivity index (χ2n) is 7.60. The van der Waals surface area contributed by atoms with E-state index in [9.17, 15) is 13.2 Å². The largest absolute Gasteiger partial charge is 0.339 e. The second kappa shape index (κ2) is 9.22. The fourth-order valence-corrected chi connectivity index (χ4v) is 5.09. The highest BCUT2D eigenvalue weighted by Gasteiger charge is 2.24. The van der Waals surface area contributed by atoms with Gasteiger partial charge in [-0.05, 0) is 67.3 Å². The first kappa shape index (κ1) is 21.7. The highest BCUT2D eigenvalue weighted by molar-refractivity contribution is 7.98. The summed E-state index contributed by atoms with van der Waals surface area (Å²) in [6, 6.07) is 12.2. The van der Waals surface area contributed by atoms with E-state index in [2.05, 4.69) is 18.6 Å². The van der Waals surface area contributed by atoms with Gasteiger partial charge < -0.3 is 4.90 Å². The summed E-state index contributed by atoms with van der Waals surface area (Å²) in [4.78, 5) is 15.7. The summed E-state index contributed by atoms with van der Waals surface area (Å²) < 4.78 is 28.5. The molecule has 7 heteroatoms. The first-order chi connectivity index (χ1) is 13.8. The van der Waals surface area contributed by atoms with Crippen molar-refractivity contribution in [3.63, 3.8) is 0 Å².